The molecule has 1 aliphatic heterocycles. The van der Waals surface area contributed by atoms with E-state index in [1.165, 1.54) is 7.11 Å². The molecule has 0 fully saturated rings. The van der Waals surface area contributed by atoms with Crippen molar-refractivity contribution in [3.8, 4) is 0 Å². The molecule has 134 valence electrons. The van der Waals surface area contributed by atoms with Crippen LogP contribution in [-0.2, 0) is 19.9 Å². The van der Waals surface area contributed by atoms with E-state index < -0.39 is 11.6 Å². The smallest absolute Gasteiger partial charge is 0.356 e. The number of ether oxygens (including phenoxy) is 2. The van der Waals surface area contributed by atoms with Gasteiger partial charge in [-0.2, -0.15) is 0 Å². The molecule has 0 spiro atoms. The van der Waals surface area contributed by atoms with Crippen LogP contribution in [0, 0.1) is 0 Å². The van der Waals surface area contributed by atoms with Gasteiger partial charge >= 0.3 is 5.97 Å². The van der Waals surface area contributed by atoms with Crippen LogP contribution in [0.3, 0.4) is 0 Å². The molecule has 3 aromatic rings. The number of benzene rings is 3. The summed E-state index contributed by atoms with van der Waals surface area (Å²) < 4.78 is 11.7. The van der Waals surface area contributed by atoms with Gasteiger partial charge in [-0.15, -0.1) is 0 Å². The van der Waals surface area contributed by atoms with Gasteiger partial charge in [0.2, 0.25) is 5.60 Å². The Kier molecular flexibility index (Phi) is 4.51. The Morgan fingerprint density at radius 1 is 0.852 bits per heavy atom. The molecular weight excluding hydrogens is 336 g/mol. The maximum atomic E-state index is 13.1. The van der Waals surface area contributed by atoms with Crippen molar-refractivity contribution in [1.82, 2.24) is 0 Å². The summed E-state index contributed by atoms with van der Waals surface area (Å²) in [5, 5.41) is 0. The van der Waals surface area contributed by atoms with E-state index in [-0.39, 0.29) is 5.92 Å². The van der Waals surface area contributed by atoms with Gasteiger partial charge in [0.05, 0.1) is 13.0 Å². The molecule has 27 heavy (non-hydrogen) atoms. The molecule has 3 aromatic carbocycles. The zero-order valence-electron chi connectivity index (χ0n) is 15.0. The Morgan fingerprint density at radius 3 is 2.00 bits per heavy atom. The molecule has 0 bridgehead atoms. The van der Waals surface area contributed by atoms with Crippen molar-refractivity contribution in [2.45, 2.75) is 11.5 Å². The molecule has 0 amide bonds. The van der Waals surface area contributed by atoms with Crippen LogP contribution in [0.5, 0.6) is 0 Å². The Bertz CT molecular complexity index is 949. The molecule has 0 radical (unpaired) electrons. The minimum atomic E-state index is -1.26. The molecule has 0 N–H and O–H groups in total. The molecule has 0 unspecified atom stereocenters. The number of methoxy groups -OCH3 is 1. The van der Waals surface area contributed by atoms with Gasteiger partial charge in [0, 0.05) is 11.1 Å². The van der Waals surface area contributed by atoms with Crippen LogP contribution in [0.15, 0.2) is 97.1 Å². The fraction of sp³-hybridized carbons (Fsp3) is 0.125. The summed E-state index contributed by atoms with van der Waals surface area (Å²) in [5.41, 5.74) is 1.44. The van der Waals surface area contributed by atoms with Crippen LogP contribution in [0.1, 0.15) is 22.6 Å². The SMILES string of the molecule is COC(=O)[C@]1(c2ccccc2)OC(c2ccccc2)=C[C@H]1c1ccccc1. The highest BCUT2D eigenvalue weighted by atomic mass is 16.6. The highest BCUT2D eigenvalue weighted by molar-refractivity contribution is 5.87. The Morgan fingerprint density at radius 2 is 1.41 bits per heavy atom. The van der Waals surface area contributed by atoms with Gasteiger partial charge in [0.25, 0.3) is 0 Å². The molecule has 3 heteroatoms. The highest BCUT2D eigenvalue weighted by Gasteiger charge is 2.55. The summed E-state index contributed by atoms with van der Waals surface area (Å²) in [6.45, 7) is 0. The van der Waals surface area contributed by atoms with E-state index in [4.69, 9.17) is 9.47 Å². The van der Waals surface area contributed by atoms with Crippen LogP contribution in [0.25, 0.3) is 5.76 Å². The number of hydrogen-bond donors (Lipinski definition) is 0. The third-order valence-electron chi connectivity index (χ3n) is 4.94. The average molecular weight is 356 g/mol. The van der Waals surface area contributed by atoms with E-state index >= 15 is 0 Å². The first-order chi connectivity index (χ1) is 13.3. The predicted molar refractivity (Wildman–Crippen MR) is 105 cm³/mol. The summed E-state index contributed by atoms with van der Waals surface area (Å²) in [7, 11) is 1.40. The van der Waals surface area contributed by atoms with Gasteiger partial charge in [-0.3, -0.25) is 0 Å². The number of esters is 1. The van der Waals surface area contributed by atoms with Crippen molar-refractivity contribution in [3.63, 3.8) is 0 Å². The van der Waals surface area contributed by atoms with Gasteiger partial charge < -0.3 is 9.47 Å². The lowest BCUT2D eigenvalue weighted by molar-refractivity contribution is -0.162. The van der Waals surface area contributed by atoms with Gasteiger partial charge in [-0.1, -0.05) is 91.0 Å². The Labute approximate surface area is 158 Å². The fourth-order valence-corrected chi connectivity index (χ4v) is 3.65. The lowest BCUT2D eigenvalue weighted by Gasteiger charge is -2.33. The molecule has 2 atom stereocenters. The highest BCUT2D eigenvalue weighted by Crippen LogP contribution is 2.51. The van der Waals surface area contributed by atoms with E-state index in [1.54, 1.807) is 0 Å². The van der Waals surface area contributed by atoms with Crippen LogP contribution in [0.4, 0.5) is 0 Å². The monoisotopic (exact) mass is 356 g/mol. The van der Waals surface area contributed by atoms with Gasteiger partial charge in [-0.05, 0) is 11.6 Å². The molecule has 1 aliphatic rings. The first-order valence-electron chi connectivity index (χ1n) is 8.91. The summed E-state index contributed by atoms with van der Waals surface area (Å²) in [5.74, 6) is -0.0350. The maximum Gasteiger partial charge on any atom is 0.356 e. The minimum Gasteiger partial charge on any atom is -0.469 e. The maximum absolute atomic E-state index is 13.1. The number of hydrogen-bond acceptors (Lipinski definition) is 3. The molecule has 4 rings (SSSR count). The molecule has 0 aliphatic carbocycles. The van der Waals surface area contributed by atoms with Crippen molar-refractivity contribution in [2.24, 2.45) is 0 Å². The second-order valence-corrected chi connectivity index (χ2v) is 6.48. The average Bonchev–Trinajstić information content (AvgIpc) is 3.17. The first-order valence-corrected chi connectivity index (χ1v) is 8.91. The molecule has 3 nitrogen and oxygen atoms in total. The predicted octanol–water partition coefficient (Wildman–Crippen LogP) is 4.91. The third-order valence-corrected chi connectivity index (χ3v) is 4.94. The normalized spacial score (nSPS) is 21.2. The molecular formula is C24H20O3. The van der Waals surface area contributed by atoms with E-state index in [0.29, 0.717) is 5.76 Å². The topological polar surface area (TPSA) is 35.5 Å². The summed E-state index contributed by atoms with van der Waals surface area (Å²) >= 11 is 0. The summed E-state index contributed by atoms with van der Waals surface area (Å²) in [6, 6.07) is 29.3. The Balaban J connectivity index is 1.92. The zero-order valence-corrected chi connectivity index (χ0v) is 15.0. The van der Waals surface area contributed by atoms with Crippen LogP contribution < -0.4 is 0 Å². The quantitative estimate of drug-likeness (QED) is 0.623. The number of rotatable bonds is 4. The molecule has 0 saturated heterocycles. The lowest BCUT2D eigenvalue weighted by Crippen LogP contribution is -2.41. The minimum absolute atomic E-state index is 0.302. The molecule has 0 saturated carbocycles. The van der Waals surface area contributed by atoms with Crippen molar-refractivity contribution < 1.29 is 14.3 Å². The number of carbonyl (C=O) groups is 1. The van der Waals surface area contributed by atoms with Crippen molar-refractivity contribution in [1.29, 1.82) is 0 Å². The van der Waals surface area contributed by atoms with Crippen LogP contribution >= 0.6 is 0 Å². The molecule has 1 heterocycles. The second-order valence-electron chi connectivity index (χ2n) is 6.48. The summed E-state index contributed by atoms with van der Waals surface area (Å²) in [6.07, 6.45) is 2.02. The van der Waals surface area contributed by atoms with Crippen LogP contribution in [-0.4, -0.2) is 13.1 Å². The van der Waals surface area contributed by atoms with Crippen LogP contribution in [0.2, 0.25) is 0 Å². The van der Waals surface area contributed by atoms with Crippen molar-refractivity contribution >= 4 is 11.7 Å². The van der Waals surface area contributed by atoms with Crippen molar-refractivity contribution in [2.75, 3.05) is 7.11 Å². The van der Waals surface area contributed by atoms with Gasteiger partial charge in [0.15, 0.2) is 0 Å². The lowest BCUT2D eigenvalue weighted by atomic mass is 9.78. The van der Waals surface area contributed by atoms with Gasteiger partial charge in [0.1, 0.15) is 5.76 Å². The summed E-state index contributed by atoms with van der Waals surface area (Å²) in [4.78, 5) is 13.1. The van der Waals surface area contributed by atoms with Crippen molar-refractivity contribution in [3.05, 3.63) is 114 Å². The van der Waals surface area contributed by atoms with E-state index in [2.05, 4.69) is 0 Å². The van der Waals surface area contributed by atoms with E-state index in [1.807, 2.05) is 97.1 Å². The first kappa shape index (κ1) is 17.1. The number of carbonyl (C=O) groups excluding carboxylic acids is 1. The fourth-order valence-electron chi connectivity index (χ4n) is 3.65. The third kappa shape index (κ3) is 2.91. The second kappa shape index (κ2) is 7.12. The standard InChI is InChI=1S/C24H20O3/c1-26-23(25)24(20-15-9-4-10-16-20)21(18-11-5-2-6-12-18)17-22(27-24)19-13-7-3-8-14-19/h2-17,21H,1H3/t21-,24+/m0/s1. The molecule has 0 aromatic heterocycles. The van der Waals surface area contributed by atoms with E-state index in [0.717, 1.165) is 16.7 Å². The van der Waals surface area contributed by atoms with E-state index in [9.17, 15) is 4.79 Å². The van der Waals surface area contributed by atoms with Gasteiger partial charge in [-0.25, -0.2) is 4.79 Å². The Hall–Kier alpha value is -3.33. The zero-order chi connectivity index (χ0) is 18.7. The largest absolute Gasteiger partial charge is 0.469 e.